The van der Waals surface area contributed by atoms with Crippen molar-refractivity contribution in [1.29, 1.82) is 0 Å². The largest absolute Gasteiger partial charge is 0.430 e. The van der Waals surface area contributed by atoms with Crippen LogP contribution in [0.2, 0.25) is 6.55 Å². The first-order valence-corrected chi connectivity index (χ1v) is 12.1. The molecule has 1 aliphatic rings. The Bertz CT molecular complexity index is 1120. The first-order valence-electron chi connectivity index (χ1n) is 9.98. The van der Waals surface area contributed by atoms with Gasteiger partial charge in [-0.1, -0.05) is 0 Å². The molecule has 4 rings (SSSR count). The molecule has 1 saturated heterocycles. The fourth-order valence-electron chi connectivity index (χ4n) is 4.03. The molecule has 0 saturated carbocycles. The predicted octanol–water partition coefficient (Wildman–Crippen LogP) is 2.97. The molecule has 31 heavy (non-hydrogen) atoms. The Hall–Kier alpha value is -2.69. The zero-order valence-corrected chi connectivity index (χ0v) is 17.9. The quantitative estimate of drug-likeness (QED) is 0.570. The highest BCUT2D eigenvalue weighted by Gasteiger charge is 2.30. The van der Waals surface area contributed by atoms with E-state index in [9.17, 15) is 18.4 Å². The van der Waals surface area contributed by atoms with Gasteiger partial charge < -0.3 is 10.1 Å². The van der Waals surface area contributed by atoms with E-state index in [2.05, 4.69) is 10.4 Å². The first kappa shape index (κ1) is 21.5. The van der Waals surface area contributed by atoms with E-state index in [4.69, 9.17) is 0 Å². The van der Waals surface area contributed by atoms with Gasteiger partial charge in [0.25, 0.3) is 5.91 Å². The molecule has 0 unspecified atom stereocenters. The van der Waals surface area contributed by atoms with Crippen LogP contribution in [0.15, 0.2) is 36.7 Å². The second-order valence-electron chi connectivity index (χ2n) is 7.72. The summed E-state index contributed by atoms with van der Waals surface area (Å²) in [5.41, 5.74) is 0.736. The molecule has 1 fully saturated rings. The number of benzene rings is 1. The number of nitrogens with one attached hydrogen (secondary N) is 1. The van der Waals surface area contributed by atoms with Crippen molar-refractivity contribution >= 4 is 20.5 Å². The summed E-state index contributed by atoms with van der Waals surface area (Å²) < 4.78 is 44.7. The van der Waals surface area contributed by atoms with Crippen LogP contribution in [0.4, 0.5) is 13.2 Å². The normalized spacial score (nSPS) is 17.0. The van der Waals surface area contributed by atoms with Gasteiger partial charge in [0.05, 0.1) is 11.8 Å². The van der Waals surface area contributed by atoms with Crippen molar-refractivity contribution in [2.75, 3.05) is 12.7 Å². The fourth-order valence-corrected chi connectivity index (χ4v) is 4.44. The molecule has 6 nitrogen and oxygen atoms in total. The minimum atomic E-state index is -1.66. The maximum absolute atomic E-state index is 15.4. The van der Waals surface area contributed by atoms with E-state index in [1.54, 1.807) is 18.8 Å². The molecule has 1 amide bonds. The van der Waals surface area contributed by atoms with Gasteiger partial charge in [-0.2, -0.15) is 5.10 Å². The number of halogens is 3. The number of likely N-dealkylation sites (tertiary alicyclic amines) is 1. The molecule has 1 radical (unpaired) electrons. The molecule has 0 bridgehead atoms. The van der Waals surface area contributed by atoms with Crippen molar-refractivity contribution in [2.24, 2.45) is 0 Å². The Morgan fingerprint density at radius 3 is 2.90 bits per heavy atom. The summed E-state index contributed by atoms with van der Waals surface area (Å²) in [5.74, 6) is -2.08. The van der Waals surface area contributed by atoms with E-state index < -0.39 is 32.4 Å². The SMILES string of the molecule is C[Si](O)CNC(=O)c1cnn2ccc(CN3CCC[C@@H]3c3cc(F)ccc3F)c(F)c12. The lowest BCUT2D eigenvalue weighted by molar-refractivity contribution is 0.0960. The number of hydrogen-bond acceptors (Lipinski definition) is 4. The number of nitrogens with zero attached hydrogens (tertiary/aromatic N) is 3. The van der Waals surface area contributed by atoms with Crippen LogP contribution in [0.1, 0.15) is 40.4 Å². The predicted molar refractivity (Wildman–Crippen MR) is 110 cm³/mol. The van der Waals surface area contributed by atoms with Crippen molar-refractivity contribution in [2.45, 2.75) is 32.0 Å². The summed E-state index contributed by atoms with van der Waals surface area (Å²) in [7, 11) is -1.66. The summed E-state index contributed by atoms with van der Waals surface area (Å²) >= 11 is 0. The molecule has 0 spiro atoms. The smallest absolute Gasteiger partial charge is 0.255 e. The highest BCUT2D eigenvalue weighted by atomic mass is 28.3. The number of aromatic nitrogens is 2. The van der Waals surface area contributed by atoms with Gasteiger partial charge in [-0.05, 0) is 50.2 Å². The number of pyridine rings is 1. The van der Waals surface area contributed by atoms with Crippen molar-refractivity contribution in [1.82, 2.24) is 19.8 Å². The highest BCUT2D eigenvalue weighted by Crippen LogP contribution is 2.35. The van der Waals surface area contributed by atoms with E-state index in [-0.39, 0.29) is 35.4 Å². The van der Waals surface area contributed by atoms with Gasteiger partial charge in [0.1, 0.15) is 17.2 Å². The van der Waals surface area contributed by atoms with Gasteiger partial charge in [0.2, 0.25) is 9.04 Å². The molecule has 3 aromatic rings. The van der Waals surface area contributed by atoms with Crippen molar-refractivity contribution in [3.05, 3.63) is 70.8 Å². The van der Waals surface area contributed by atoms with E-state index in [0.717, 1.165) is 18.6 Å². The summed E-state index contributed by atoms with van der Waals surface area (Å²) in [6.45, 7) is 2.44. The van der Waals surface area contributed by atoms with Gasteiger partial charge >= 0.3 is 0 Å². The molecule has 2 aromatic heterocycles. The minimum absolute atomic E-state index is 0.0468. The molecule has 3 heterocycles. The third kappa shape index (κ3) is 4.36. The number of hydrogen-bond donors (Lipinski definition) is 2. The lowest BCUT2D eigenvalue weighted by atomic mass is 10.0. The van der Waals surface area contributed by atoms with Crippen LogP contribution in [0.3, 0.4) is 0 Å². The number of fused-ring (bicyclic) bond motifs is 1. The summed E-state index contributed by atoms with van der Waals surface area (Å²) in [4.78, 5) is 23.8. The third-order valence-corrected chi connectivity index (χ3v) is 6.19. The molecular weight excluding hydrogens is 425 g/mol. The van der Waals surface area contributed by atoms with E-state index >= 15 is 4.39 Å². The van der Waals surface area contributed by atoms with Crippen LogP contribution in [0, 0.1) is 17.5 Å². The van der Waals surface area contributed by atoms with Gasteiger partial charge in [-0.25, -0.2) is 17.7 Å². The number of carbonyl (C=O) groups excluding carboxylic acids is 1. The molecule has 1 aliphatic heterocycles. The second kappa shape index (κ2) is 8.81. The third-order valence-electron chi connectivity index (χ3n) is 5.51. The molecule has 2 N–H and O–H groups in total. The zero-order chi connectivity index (χ0) is 22.1. The lowest BCUT2D eigenvalue weighted by Gasteiger charge is -2.25. The zero-order valence-electron chi connectivity index (χ0n) is 16.9. The number of amides is 1. The van der Waals surface area contributed by atoms with Crippen LogP contribution < -0.4 is 5.32 Å². The maximum atomic E-state index is 15.4. The molecule has 10 heteroatoms. The topological polar surface area (TPSA) is 69.9 Å². The van der Waals surface area contributed by atoms with Crippen LogP contribution in [0.5, 0.6) is 0 Å². The Kier molecular flexibility index (Phi) is 6.12. The Morgan fingerprint density at radius 1 is 1.32 bits per heavy atom. The summed E-state index contributed by atoms with van der Waals surface area (Å²) in [6, 6.07) is 4.61. The maximum Gasteiger partial charge on any atom is 0.255 e. The first-order chi connectivity index (χ1) is 14.8. The number of carbonyl (C=O) groups is 1. The summed E-state index contributed by atoms with van der Waals surface area (Å²) in [5, 5.41) is 6.63. The van der Waals surface area contributed by atoms with Gasteiger partial charge in [-0.3, -0.25) is 9.69 Å². The van der Waals surface area contributed by atoms with Crippen LogP contribution in [0.25, 0.3) is 5.52 Å². The highest BCUT2D eigenvalue weighted by molar-refractivity contribution is 6.49. The van der Waals surface area contributed by atoms with Gasteiger partial charge in [-0.15, -0.1) is 0 Å². The lowest BCUT2D eigenvalue weighted by Crippen LogP contribution is -2.33. The van der Waals surface area contributed by atoms with Crippen LogP contribution in [-0.4, -0.2) is 47.0 Å². The average Bonchev–Trinajstić information content (AvgIpc) is 3.37. The molecule has 163 valence electrons. The van der Waals surface area contributed by atoms with E-state index in [1.807, 2.05) is 4.90 Å². The van der Waals surface area contributed by atoms with Gasteiger partial charge in [0, 0.05) is 36.1 Å². The molecular formula is C21H22F3N4O2Si. The second-order valence-corrected chi connectivity index (χ2v) is 9.54. The van der Waals surface area contributed by atoms with E-state index in [0.29, 0.717) is 18.5 Å². The Labute approximate surface area is 179 Å². The van der Waals surface area contributed by atoms with Gasteiger partial charge in [0.15, 0.2) is 5.82 Å². The Balaban J connectivity index is 1.62. The number of rotatable bonds is 6. The molecule has 1 atom stereocenters. The summed E-state index contributed by atoms with van der Waals surface area (Å²) in [6.07, 6.45) is 4.42. The van der Waals surface area contributed by atoms with Crippen molar-refractivity contribution in [3.63, 3.8) is 0 Å². The van der Waals surface area contributed by atoms with Crippen LogP contribution in [-0.2, 0) is 6.54 Å². The average molecular weight is 448 g/mol. The molecule has 1 aromatic carbocycles. The fraction of sp³-hybridized carbons (Fsp3) is 0.333. The van der Waals surface area contributed by atoms with Crippen LogP contribution >= 0.6 is 0 Å². The molecule has 0 aliphatic carbocycles. The Morgan fingerprint density at radius 2 is 2.13 bits per heavy atom. The minimum Gasteiger partial charge on any atom is -0.430 e. The van der Waals surface area contributed by atoms with Crippen molar-refractivity contribution < 1.29 is 22.8 Å². The monoisotopic (exact) mass is 447 g/mol. The standard InChI is InChI=1S/C21H22F3N4O2Si/c1-31(30)12-25-21(29)16-10-26-28-8-6-13(19(24)20(16)28)11-27-7-2-3-18(27)15-9-14(22)4-5-17(15)23/h4-6,8-10,18,30H,2-3,7,11-12H2,1H3,(H,25,29)/t18-/m1/s1. The van der Waals surface area contributed by atoms with E-state index in [1.165, 1.54) is 16.8 Å². The van der Waals surface area contributed by atoms with Crippen molar-refractivity contribution in [3.8, 4) is 0 Å².